The lowest BCUT2D eigenvalue weighted by Gasteiger charge is -2.52. The Morgan fingerprint density at radius 3 is 2.90 bits per heavy atom. The Morgan fingerprint density at radius 1 is 1.24 bits per heavy atom. The predicted molar refractivity (Wildman–Crippen MR) is 110 cm³/mol. The van der Waals surface area contributed by atoms with Crippen LogP contribution in [-0.4, -0.2) is 38.0 Å². The second-order valence-corrected chi connectivity index (χ2v) is 12.3. The Bertz CT molecular complexity index is 956. The van der Waals surface area contributed by atoms with Gasteiger partial charge in [0.25, 0.3) is 0 Å². The number of rotatable bonds is 3. The van der Waals surface area contributed by atoms with Crippen molar-refractivity contribution >= 4 is 10.1 Å². The number of hydrogen-bond donors (Lipinski definition) is 2. The van der Waals surface area contributed by atoms with Crippen molar-refractivity contribution in [1.29, 1.82) is 0 Å². The topological polar surface area (TPSA) is 75.6 Å². The summed E-state index contributed by atoms with van der Waals surface area (Å²) in [4.78, 5) is 0. The van der Waals surface area contributed by atoms with Crippen molar-refractivity contribution < 1.29 is 17.7 Å². The van der Waals surface area contributed by atoms with E-state index in [-0.39, 0.29) is 11.5 Å². The van der Waals surface area contributed by atoms with Gasteiger partial charge in [-0.2, -0.15) is 8.42 Å². The van der Waals surface area contributed by atoms with Gasteiger partial charge in [-0.05, 0) is 103 Å². The highest BCUT2D eigenvalue weighted by atomic mass is 32.2. The molecule has 1 unspecified atom stereocenters. The molecule has 1 spiro atoms. The van der Waals surface area contributed by atoms with Crippen molar-refractivity contribution in [3.63, 3.8) is 0 Å². The highest BCUT2D eigenvalue weighted by Gasteiger charge is 2.76. The van der Waals surface area contributed by atoms with Crippen LogP contribution < -0.4 is 9.50 Å². The molecule has 0 amide bonds. The van der Waals surface area contributed by atoms with E-state index in [0.717, 1.165) is 38.6 Å². The van der Waals surface area contributed by atoms with E-state index in [9.17, 15) is 13.5 Å². The Hall–Kier alpha value is -1.11. The summed E-state index contributed by atoms with van der Waals surface area (Å²) in [5.41, 5.74) is 3.11. The van der Waals surface area contributed by atoms with E-state index in [1.165, 1.54) is 17.5 Å². The first-order valence-corrected chi connectivity index (χ1v) is 12.8. The van der Waals surface area contributed by atoms with E-state index in [1.54, 1.807) is 0 Å². The maximum atomic E-state index is 12.6. The lowest BCUT2D eigenvalue weighted by Crippen LogP contribution is -2.47. The fourth-order valence-corrected chi connectivity index (χ4v) is 9.14. The first-order chi connectivity index (χ1) is 13.8. The van der Waals surface area contributed by atoms with Crippen molar-refractivity contribution in [2.24, 2.45) is 22.7 Å². The normalized spacial score (nSPS) is 45.1. The van der Waals surface area contributed by atoms with Gasteiger partial charge in [0, 0.05) is 6.54 Å². The van der Waals surface area contributed by atoms with Gasteiger partial charge in [-0.15, -0.1) is 0 Å². The molecule has 6 heteroatoms. The fraction of sp³-hybridized carbons (Fsp3) is 0.739. The van der Waals surface area contributed by atoms with Crippen LogP contribution in [0.3, 0.4) is 0 Å². The standard InChI is InChI=1S/C23H31NO4S/c1-22-8-6-19-18-4-3-16(28-29(26,27)17-7-9-24-13-17)10-14(18)2-5-20(19)23(22)12-15(23)11-21(22)25/h3-4,10,15,17,19-21,24-25H,2,5-9,11-13H2,1H3/t15-,17?,19-,20-,21+,22-,23+/m1/s1. The molecule has 29 heavy (non-hydrogen) atoms. The quantitative estimate of drug-likeness (QED) is 0.740. The Morgan fingerprint density at radius 2 is 2.10 bits per heavy atom. The molecule has 4 aliphatic carbocycles. The molecule has 4 fully saturated rings. The largest absolute Gasteiger partial charge is 0.393 e. The van der Waals surface area contributed by atoms with Crippen LogP contribution >= 0.6 is 0 Å². The number of hydrogen-bond acceptors (Lipinski definition) is 5. The monoisotopic (exact) mass is 417 g/mol. The molecule has 2 N–H and O–H groups in total. The number of aliphatic hydroxyl groups excluding tert-OH is 1. The van der Waals surface area contributed by atoms with Crippen LogP contribution in [0.4, 0.5) is 0 Å². The third-order valence-electron chi connectivity index (χ3n) is 9.46. The van der Waals surface area contributed by atoms with Crippen LogP contribution in [0.2, 0.25) is 0 Å². The molecule has 1 aliphatic heterocycles. The van der Waals surface area contributed by atoms with Crippen molar-refractivity contribution in [3.05, 3.63) is 29.3 Å². The predicted octanol–water partition coefficient (Wildman–Crippen LogP) is 2.97. The molecule has 7 atom stereocenters. The molecule has 0 radical (unpaired) electrons. The van der Waals surface area contributed by atoms with Gasteiger partial charge in [-0.25, -0.2) is 0 Å². The maximum absolute atomic E-state index is 12.6. The number of benzene rings is 1. The first-order valence-electron chi connectivity index (χ1n) is 11.3. The molecular weight excluding hydrogens is 386 g/mol. The molecule has 0 bridgehead atoms. The van der Waals surface area contributed by atoms with Gasteiger partial charge in [-0.1, -0.05) is 13.0 Å². The lowest BCUT2D eigenvalue weighted by molar-refractivity contribution is -0.0558. The third-order valence-corrected chi connectivity index (χ3v) is 11.1. The average Bonchev–Trinajstić information content (AvgIpc) is 3.05. The van der Waals surface area contributed by atoms with Crippen molar-refractivity contribution in [3.8, 4) is 5.75 Å². The van der Waals surface area contributed by atoms with Gasteiger partial charge in [0.1, 0.15) is 11.0 Å². The fourth-order valence-electron chi connectivity index (χ4n) is 7.91. The molecule has 5 aliphatic rings. The number of fused-ring (bicyclic) bond motifs is 3. The highest BCUT2D eigenvalue weighted by Crippen LogP contribution is 2.81. The van der Waals surface area contributed by atoms with Gasteiger partial charge >= 0.3 is 10.1 Å². The van der Waals surface area contributed by atoms with E-state index in [2.05, 4.69) is 18.3 Å². The smallest absolute Gasteiger partial charge is 0.313 e. The van der Waals surface area contributed by atoms with E-state index >= 15 is 0 Å². The van der Waals surface area contributed by atoms with E-state index in [1.807, 2.05) is 12.1 Å². The SMILES string of the molecule is C[C@]12CC[C@@H]3c4ccc(OS(=O)(=O)C5CCNC5)cc4CC[C@H]3[C@@]13C[C@H]3C[C@@H]2O. The molecule has 6 rings (SSSR count). The average molecular weight is 418 g/mol. The summed E-state index contributed by atoms with van der Waals surface area (Å²) < 4.78 is 30.6. The number of nitrogens with one attached hydrogen (secondary N) is 1. The number of aliphatic hydroxyl groups is 1. The molecule has 1 saturated heterocycles. The Balaban J connectivity index is 1.28. The van der Waals surface area contributed by atoms with E-state index in [0.29, 0.717) is 41.9 Å². The summed E-state index contributed by atoms with van der Waals surface area (Å²) >= 11 is 0. The van der Waals surface area contributed by atoms with Crippen LogP contribution in [0.15, 0.2) is 18.2 Å². The maximum Gasteiger partial charge on any atom is 0.313 e. The summed E-state index contributed by atoms with van der Waals surface area (Å²) in [5, 5.41) is 13.4. The van der Waals surface area contributed by atoms with Crippen molar-refractivity contribution in [2.45, 2.75) is 69.1 Å². The molecule has 158 valence electrons. The number of aryl methyl sites for hydroxylation is 1. The Kier molecular flexibility index (Phi) is 3.85. The van der Waals surface area contributed by atoms with Crippen LogP contribution in [0.1, 0.15) is 62.5 Å². The second-order valence-electron chi connectivity index (χ2n) is 10.5. The van der Waals surface area contributed by atoms with Crippen LogP contribution in [0, 0.1) is 22.7 Å². The van der Waals surface area contributed by atoms with Gasteiger partial charge in [-0.3, -0.25) is 0 Å². The molecular formula is C23H31NO4S. The third kappa shape index (κ3) is 2.42. The molecule has 1 heterocycles. The molecule has 5 nitrogen and oxygen atoms in total. The summed E-state index contributed by atoms with van der Waals surface area (Å²) in [6, 6.07) is 5.97. The summed E-state index contributed by atoms with van der Waals surface area (Å²) in [7, 11) is -3.58. The van der Waals surface area contributed by atoms with Gasteiger partial charge in [0.15, 0.2) is 0 Å². The van der Waals surface area contributed by atoms with Crippen molar-refractivity contribution in [2.75, 3.05) is 13.1 Å². The molecule has 1 aromatic carbocycles. The van der Waals surface area contributed by atoms with Crippen molar-refractivity contribution in [1.82, 2.24) is 5.32 Å². The first kappa shape index (κ1) is 18.6. The zero-order valence-corrected chi connectivity index (χ0v) is 17.9. The van der Waals surface area contributed by atoms with E-state index in [4.69, 9.17) is 4.18 Å². The van der Waals surface area contributed by atoms with Crippen LogP contribution in [0.25, 0.3) is 0 Å². The molecule has 1 aromatic rings. The van der Waals surface area contributed by atoms with Gasteiger partial charge in [0.05, 0.1) is 6.10 Å². The zero-order valence-electron chi connectivity index (χ0n) is 17.1. The van der Waals surface area contributed by atoms with Gasteiger partial charge in [0.2, 0.25) is 0 Å². The summed E-state index contributed by atoms with van der Waals surface area (Å²) in [5.74, 6) is 2.39. The van der Waals surface area contributed by atoms with Gasteiger partial charge < -0.3 is 14.6 Å². The van der Waals surface area contributed by atoms with E-state index < -0.39 is 15.4 Å². The van der Waals surface area contributed by atoms with Crippen LogP contribution in [0.5, 0.6) is 5.75 Å². The molecule has 3 saturated carbocycles. The van der Waals surface area contributed by atoms with Crippen LogP contribution in [-0.2, 0) is 16.5 Å². The lowest BCUT2D eigenvalue weighted by atomic mass is 9.52. The highest BCUT2D eigenvalue weighted by molar-refractivity contribution is 7.87. The molecule has 0 aromatic heterocycles. The summed E-state index contributed by atoms with van der Waals surface area (Å²) in [6.07, 6.45) is 7.15. The minimum Gasteiger partial charge on any atom is -0.393 e. The second kappa shape index (κ2) is 5.98. The summed E-state index contributed by atoms with van der Waals surface area (Å²) in [6.45, 7) is 3.55. The minimum atomic E-state index is -3.58. The Labute approximate surface area is 173 Å². The minimum absolute atomic E-state index is 0.1000. The zero-order chi connectivity index (χ0) is 20.0.